The average molecular weight is 467 g/mol. The smallest absolute Gasteiger partial charge is 0.226 e. The van der Waals surface area contributed by atoms with Crippen LogP contribution in [-0.2, 0) is 17.6 Å². The second-order valence-corrected chi connectivity index (χ2v) is 9.52. The number of hydrogen-bond acceptors (Lipinski definition) is 8. The number of fused-ring (bicyclic) bond motifs is 1. The fraction of sp³-hybridized carbons (Fsp3) is 0.577. The summed E-state index contributed by atoms with van der Waals surface area (Å²) >= 11 is 0. The van der Waals surface area contributed by atoms with Crippen molar-refractivity contribution in [1.29, 1.82) is 0 Å². The number of hydrogen-bond donors (Lipinski definition) is 1. The van der Waals surface area contributed by atoms with E-state index in [0.29, 0.717) is 38.0 Å². The molecule has 182 valence electrons. The van der Waals surface area contributed by atoms with Crippen molar-refractivity contribution in [2.24, 2.45) is 0 Å². The summed E-state index contributed by atoms with van der Waals surface area (Å²) in [4.78, 5) is 19.4. The number of ketones is 1. The van der Waals surface area contributed by atoms with E-state index >= 15 is 0 Å². The molecule has 2 aliphatic heterocycles. The maximum atomic E-state index is 12.6. The fourth-order valence-corrected chi connectivity index (χ4v) is 4.50. The number of rotatable bonds is 13. The molecule has 1 aliphatic carbocycles. The summed E-state index contributed by atoms with van der Waals surface area (Å²) in [6.07, 6.45) is 10.6. The molecule has 3 aliphatic rings. The highest BCUT2D eigenvalue weighted by atomic mass is 16.6. The van der Waals surface area contributed by atoms with Crippen LogP contribution < -0.4 is 14.8 Å². The molecule has 8 nitrogen and oxygen atoms in total. The van der Waals surface area contributed by atoms with Gasteiger partial charge in [0.2, 0.25) is 5.89 Å². The summed E-state index contributed by atoms with van der Waals surface area (Å²) in [5.74, 6) is 3.93. The normalized spacial score (nSPS) is 18.4. The van der Waals surface area contributed by atoms with Gasteiger partial charge >= 0.3 is 0 Å². The molecule has 0 radical (unpaired) electrons. The van der Waals surface area contributed by atoms with Crippen LogP contribution in [0.5, 0.6) is 11.5 Å². The number of carbonyl (C=O) groups excluding carboxylic acids is 1. The molecule has 1 aromatic heterocycles. The Morgan fingerprint density at radius 2 is 1.94 bits per heavy atom. The van der Waals surface area contributed by atoms with Crippen LogP contribution in [0.2, 0.25) is 0 Å². The molecule has 1 fully saturated rings. The third-order valence-corrected chi connectivity index (χ3v) is 6.57. The van der Waals surface area contributed by atoms with E-state index in [9.17, 15) is 4.79 Å². The molecule has 1 aromatic carbocycles. The molecule has 0 unspecified atom stereocenters. The van der Waals surface area contributed by atoms with Crippen LogP contribution in [0.15, 0.2) is 34.9 Å². The van der Waals surface area contributed by atoms with Crippen LogP contribution >= 0.6 is 0 Å². The summed E-state index contributed by atoms with van der Waals surface area (Å²) in [6.45, 7) is 4.39. The molecule has 8 heteroatoms. The number of benzene rings is 1. The molecule has 34 heavy (non-hydrogen) atoms. The van der Waals surface area contributed by atoms with Crippen LogP contribution in [-0.4, -0.2) is 66.3 Å². The minimum Gasteiger partial charge on any atom is -0.486 e. The third-order valence-electron chi connectivity index (χ3n) is 6.57. The Morgan fingerprint density at radius 3 is 2.76 bits per heavy atom. The van der Waals surface area contributed by atoms with Gasteiger partial charge in [-0.3, -0.25) is 9.69 Å². The van der Waals surface area contributed by atoms with Crippen LogP contribution in [0.3, 0.4) is 0 Å². The quantitative estimate of drug-likeness (QED) is 0.356. The third kappa shape index (κ3) is 6.45. The predicted octanol–water partition coefficient (Wildman–Crippen LogP) is 3.07. The molecule has 1 saturated carbocycles. The van der Waals surface area contributed by atoms with Crippen molar-refractivity contribution in [1.82, 2.24) is 20.4 Å². The fourth-order valence-electron chi connectivity index (χ4n) is 4.50. The maximum absolute atomic E-state index is 12.6. The van der Waals surface area contributed by atoms with Crippen molar-refractivity contribution in [2.45, 2.75) is 56.9 Å². The number of nitrogens with zero attached hydrogens (tertiary/aromatic N) is 3. The number of aromatic nitrogens is 2. The van der Waals surface area contributed by atoms with Gasteiger partial charge in [0.15, 0.2) is 17.3 Å². The highest BCUT2D eigenvalue weighted by Gasteiger charge is 2.28. The lowest BCUT2D eigenvalue weighted by molar-refractivity contribution is -0.118. The van der Waals surface area contributed by atoms with Crippen LogP contribution in [0, 0.1) is 0 Å². The van der Waals surface area contributed by atoms with Crippen molar-refractivity contribution in [2.75, 3.05) is 39.4 Å². The summed E-state index contributed by atoms with van der Waals surface area (Å²) in [7, 11) is 0. The predicted molar refractivity (Wildman–Crippen MR) is 127 cm³/mol. The largest absolute Gasteiger partial charge is 0.486 e. The average Bonchev–Trinajstić information content (AvgIpc) is 3.37. The number of carbonyl (C=O) groups is 1. The second-order valence-electron chi connectivity index (χ2n) is 9.52. The Kier molecular flexibility index (Phi) is 7.56. The van der Waals surface area contributed by atoms with E-state index in [4.69, 9.17) is 14.0 Å². The van der Waals surface area contributed by atoms with Gasteiger partial charge in [0.25, 0.3) is 0 Å². The molecule has 5 rings (SSSR count). The molecular formula is C26H34N4O4. The Morgan fingerprint density at radius 1 is 1.12 bits per heavy atom. The molecule has 0 spiro atoms. The SMILES string of the molecule is O=C(CCCCc1nc(C2CC2)no1)CN[C@@H](Cc1ccc2c(c1)OCCO2)CN1CC=CC1. The maximum Gasteiger partial charge on any atom is 0.226 e. The Bertz CT molecular complexity index is 992. The number of Topliss-reactive ketones (excluding diaryl/α,β-unsaturated/α-hetero) is 1. The van der Waals surface area contributed by atoms with Crippen LogP contribution in [0.4, 0.5) is 0 Å². The van der Waals surface area contributed by atoms with Gasteiger partial charge in [0.05, 0.1) is 6.54 Å². The van der Waals surface area contributed by atoms with Gasteiger partial charge in [-0.25, -0.2) is 0 Å². The lowest BCUT2D eigenvalue weighted by Crippen LogP contribution is -2.43. The molecule has 2 aromatic rings. The zero-order valence-corrected chi connectivity index (χ0v) is 19.7. The van der Waals surface area contributed by atoms with Gasteiger partial charge in [-0.05, 0) is 49.8 Å². The Labute approximate surface area is 200 Å². The van der Waals surface area contributed by atoms with Gasteiger partial charge < -0.3 is 19.3 Å². The minimum atomic E-state index is 0.186. The molecular weight excluding hydrogens is 432 g/mol. The number of nitrogens with one attached hydrogen (secondary N) is 1. The summed E-state index contributed by atoms with van der Waals surface area (Å²) < 4.78 is 16.7. The van der Waals surface area contributed by atoms with Gasteiger partial charge in [-0.2, -0.15) is 4.98 Å². The highest BCUT2D eigenvalue weighted by Crippen LogP contribution is 2.38. The van der Waals surface area contributed by atoms with Crippen molar-refractivity contribution < 1.29 is 18.8 Å². The number of aryl methyl sites for hydroxylation is 1. The van der Waals surface area contributed by atoms with E-state index in [1.165, 1.54) is 18.4 Å². The van der Waals surface area contributed by atoms with Crippen molar-refractivity contribution in [3.63, 3.8) is 0 Å². The van der Waals surface area contributed by atoms with E-state index in [-0.39, 0.29) is 11.8 Å². The van der Waals surface area contributed by atoms with Gasteiger partial charge in [-0.15, -0.1) is 0 Å². The summed E-state index contributed by atoms with van der Waals surface area (Å²) in [6, 6.07) is 6.34. The van der Waals surface area contributed by atoms with Gasteiger partial charge in [0.1, 0.15) is 19.0 Å². The summed E-state index contributed by atoms with van der Waals surface area (Å²) in [5.41, 5.74) is 1.19. The second kappa shape index (κ2) is 11.1. The van der Waals surface area contributed by atoms with Crippen molar-refractivity contribution in [3.8, 4) is 11.5 Å². The molecule has 1 atom stereocenters. The van der Waals surface area contributed by atoms with Crippen LogP contribution in [0.1, 0.15) is 55.3 Å². The first-order chi connectivity index (χ1) is 16.7. The highest BCUT2D eigenvalue weighted by molar-refractivity contribution is 5.80. The topological polar surface area (TPSA) is 89.7 Å². The monoisotopic (exact) mass is 466 g/mol. The van der Waals surface area contributed by atoms with E-state index in [0.717, 1.165) is 62.6 Å². The van der Waals surface area contributed by atoms with E-state index < -0.39 is 0 Å². The lowest BCUT2D eigenvalue weighted by atomic mass is 10.0. The first-order valence-corrected chi connectivity index (χ1v) is 12.6. The molecule has 3 heterocycles. The molecule has 0 saturated heterocycles. The zero-order valence-electron chi connectivity index (χ0n) is 19.7. The number of unbranched alkanes of at least 4 members (excludes halogenated alkanes) is 1. The standard InChI is InChI=1S/C26H34N4O4/c31-22(5-1-2-6-25-28-26(29-34-25)20-8-9-20)17-27-21(18-30-11-3-4-12-30)15-19-7-10-23-24(16-19)33-14-13-32-23/h3-4,7,10,16,20-21,27H,1-2,5-6,8-9,11-15,17-18H2/t21-/m0/s1. The Balaban J connectivity index is 1.07. The first-order valence-electron chi connectivity index (χ1n) is 12.6. The van der Waals surface area contributed by atoms with E-state index in [2.05, 4.69) is 44.6 Å². The van der Waals surface area contributed by atoms with Crippen LogP contribution in [0.25, 0.3) is 0 Å². The van der Waals surface area contributed by atoms with Gasteiger partial charge in [0, 0.05) is 44.4 Å². The molecule has 0 amide bonds. The first kappa shape index (κ1) is 23.1. The zero-order chi connectivity index (χ0) is 23.2. The molecule has 0 bridgehead atoms. The Hall–Kier alpha value is -2.71. The van der Waals surface area contributed by atoms with Crippen molar-refractivity contribution in [3.05, 3.63) is 47.6 Å². The lowest BCUT2D eigenvalue weighted by Gasteiger charge is -2.25. The van der Waals surface area contributed by atoms with E-state index in [1.807, 2.05) is 6.07 Å². The van der Waals surface area contributed by atoms with Crippen molar-refractivity contribution >= 4 is 5.78 Å². The molecule has 1 N–H and O–H groups in total. The van der Waals surface area contributed by atoms with Gasteiger partial charge in [-0.1, -0.05) is 23.4 Å². The van der Waals surface area contributed by atoms with E-state index in [1.54, 1.807) is 0 Å². The number of ether oxygens (including phenoxy) is 2. The summed E-state index contributed by atoms with van der Waals surface area (Å²) in [5, 5.41) is 7.58. The minimum absolute atomic E-state index is 0.186.